The van der Waals surface area contributed by atoms with E-state index < -0.39 is 42.6 Å². The van der Waals surface area contributed by atoms with Gasteiger partial charge in [0.25, 0.3) is 0 Å². The molecule has 0 bridgehead atoms. The van der Waals surface area contributed by atoms with Gasteiger partial charge in [-0.3, -0.25) is 0 Å². The summed E-state index contributed by atoms with van der Waals surface area (Å²) in [4.78, 5) is 0. The van der Waals surface area contributed by atoms with Crippen molar-refractivity contribution in [1.29, 1.82) is 0 Å². The summed E-state index contributed by atoms with van der Waals surface area (Å²) in [6.07, 6.45) is -12.8. The molecule has 0 aromatic carbocycles. The lowest BCUT2D eigenvalue weighted by atomic mass is 9.85. The van der Waals surface area contributed by atoms with Crippen LogP contribution in [-0.4, -0.2) is 49.8 Å². The van der Waals surface area contributed by atoms with E-state index in [0.29, 0.717) is 0 Å². The number of halogens is 12. The van der Waals surface area contributed by atoms with Crippen molar-refractivity contribution in [3.8, 4) is 0 Å². The highest BCUT2D eigenvalue weighted by atomic mass is 19.4. The molecule has 1 nitrogen and oxygen atoms in total. The van der Waals surface area contributed by atoms with Gasteiger partial charge in [-0.2, -0.15) is 39.5 Å². The predicted octanol–water partition coefficient (Wildman–Crippen LogP) is 4.07. The van der Waals surface area contributed by atoms with Gasteiger partial charge in [0.15, 0.2) is 0 Å². The number of alkyl halides is 12. The Morgan fingerprint density at radius 1 is 0.810 bits per heavy atom. The van der Waals surface area contributed by atoms with Gasteiger partial charge < -0.3 is 4.74 Å². The van der Waals surface area contributed by atoms with Crippen LogP contribution in [0.25, 0.3) is 0 Å². The maximum atomic E-state index is 13.4. The zero-order valence-electron chi connectivity index (χ0n) is 9.73. The molecule has 0 spiro atoms. The summed E-state index contributed by atoms with van der Waals surface area (Å²) in [6.45, 7) is -2.70. The van der Waals surface area contributed by atoms with Crippen molar-refractivity contribution in [2.75, 3.05) is 13.7 Å². The molecule has 128 valence electrons. The Morgan fingerprint density at radius 3 is 1.43 bits per heavy atom. The van der Waals surface area contributed by atoms with Gasteiger partial charge in [-0.1, -0.05) is 0 Å². The molecule has 0 fully saturated rings. The molecule has 13 heteroatoms. The third kappa shape index (κ3) is 2.75. The van der Waals surface area contributed by atoms with Gasteiger partial charge in [0.2, 0.25) is 0 Å². The van der Waals surface area contributed by atoms with Gasteiger partial charge in [-0.15, -0.1) is 0 Å². The minimum Gasteiger partial charge on any atom is -0.378 e. The van der Waals surface area contributed by atoms with Crippen LogP contribution in [0.1, 0.15) is 0 Å². The second-order valence-corrected chi connectivity index (χ2v) is 3.79. The molecule has 0 aromatic heterocycles. The number of rotatable bonds is 6. The molecule has 0 aliphatic carbocycles. The Hall–Kier alpha value is -0.880. The fourth-order valence-corrected chi connectivity index (χ4v) is 1.26. The summed E-state index contributed by atoms with van der Waals surface area (Å²) in [5, 5.41) is 0. The van der Waals surface area contributed by atoms with Crippen LogP contribution < -0.4 is 0 Å². The zero-order valence-corrected chi connectivity index (χ0v) is 9.73. The molecule has 0 saturated carbocycles. The smallest absolute Gasteiger partial charge is 0.378 e. The summed E-state index contributed by atoms with van der Waals surface area (Å²) in [7, 11) is 0.230. The summed E-state index contributed by atoms with van der Waals surface area (Å²) in [5.74, 6) is -20.7. The summed E-state index contributed by atoms with van der Waals surface area (Å²) in [5.41, 5.74) is -7.27. The van der Waals surface area contributed by atoms with Gasteiger partial charge in [-0.05, 0) is 0 Å². The maximum absolute atomic E-state index is 13.4. The fraction of sp³-hybridized carbons (Fsp3) is 1.00. The Balaban J connectivity index is 6.33. The Labute approximate surface area is 108 Å². The molecule has 21 heavy (non-hydrogen) atoms. The zero-order chi connectivity index (χ0) is 17.5. The Morgan fingerprint density at radius 2 is 1.19 bits per heavy atom. The highest BCUT2D eigenvalue weighted by Crippen LogP contribution is 2.59. The van der Waals surface area contributed by atoms with E-state index >= 15 is 0 Å². The molecule has 1 atom stereocenters. The average molecular weight is 346 g/mol. The van der Waals surface area contributed by atoms with Gasteiger partial charge in [0, 0.05) is 7.11 Å². The van der Waals surface area contributed by atoms with Crippen LogP contribution >= 0.6 is 0 Å². The lowest BCUT2D eigenvalue weighted by Gasteiger charge is -2.42. The summed E-state index contributed by atoms with van der Waals surface area (Å²) in [6, 6.07) is 0. The Bertz CT molecular complexity index is 361. The second kappa shape index (κ2) is 5.39. The largest absolute Gasteiger partial charge is 0.435 e. The molecule has 0 radical (unpaired) electrons. The SMILES string of the molecule is COCC(F)(F)C(F)(C(F)(F)F)C(F)(F)C(F)(F)C(F)F. The van der Waals surface area contributed by atoms with Crippen LogP contribution in [0.2, 0.25) is 0 Å². The van der Waals surface area contributed by atoms with E-state index in [0.717, 1.165) is 0 Å². The number of ether oxygens (including phenoxy) is 1. The minimum absolute atomic E-state index is 0.230. The van der Waals surface area contributed by atoms with E-state index in [1.165, 1.54) is 0 Å². The van der Waals surface area contributed by atoms with Crippen molar-refractivity contribution in [1.82, 2.24) is 0 Å². The molecule has 0 aromatic rings. The maximum Gasteiger partial charge on any atom is 0.435 e. The van der Waals surface area contributed by atoms with Crippen LogP contribution in [0.3, 0.4) is 0 Å². The first-order chi connectivity index (χ1) is 9.00. The Kier molecular flexibility index (Phi) is 5.17. The molecule has 0 aliphatic heterocycles. The lowest BCUT2D eigenvalue weighted by molar-refractivity contribution is -0.416. The molecule has 0 heterocycles. The van der Waals surface area contributed by atoms with E-state index in [1.54, 1.807) is 0 Å². The monoisotopic (exact) mass is 346 g/mol. The first-order valence-corrected chi connectivity index (χ1v) is 4.67. The van der Waals surface area contributed by atoms with Gasteiger partial charge in [-0.25, -0.2) is 13.2 Å². The van der Waals surface area contributed by atoms with Gasteiger partial charge >= 0.3 is 36.0 Å². The molecule has 0 N–H and O–H groups in total. The lowest BCUT2D eigenvalue weighted by Crippen LogP contribution is -2.73. The third-order valence-electron chi connectivity index (χ3n) is 2.35. The standard InChI is InChI=1S/C8H6F12O/c1-21-2-4(11,12)6(15,8(18,19)20)7(16,17)5(13,14)3(9)10/h3H,2H2,1H3. The van der Waals surface area contributed by atoms with E-state index in [9.17, 15) is 52.7 Å². The molecular weight excluding hydrogens is 340 g/mol. The molecule has 0 rings (SSSR count). The van der Waals surface area contributed by atoms with Crippen molar-refractivity contribution < 1.29 is 57.4 Å². The van der Waals surface area contributed by atoms with E-state index in [4.69, 9.17) is 0 Å². The fourth-order valence-electron chi connectivity index (χ4n) is 1.26. The third-order valence-corrected chi connectivity index (χ3v) is 2.35. The van der Waals surface area contributed by atoms with Crippen molar-refractivity contribution in [3.63, 3.8) is 0 Å². The van der Waals surface area contributed by atoms with Gasteiger partial charge in [0.05, 0.1) is 0 Å². The normalized spacial score (nSPS) is 18.0. The van der Waals surface area contributed by atoms with Crippen LogP contribution in [0, 0.1) is 0 Å². The van der Waals surface area contributed by atoms with E-state index in [2.05, 4.69) is 4.74 Å². The van der Waals surface area contributed by atoms with Crippen molar-refractivity contribution in [2.24, 2.45) is 0 Å². The van der Waals surface area contributed by atoms with Crippen molar-refractivity contribution >= 4 is 0 Å². The van der Waals surface area contributed by atoms with Crippen LogP contribution in [0.5, 0.6) is 0 Å². The predicted molar refractivity (Wildman–Crippen MR) is 42.6 cm³/mol. The van der Waals surface area contributed by atoms with E-state index in [1.807, 2.05) is 0 Å². The molecule has 0 amide bonds. The second-order valence-electron chi connectivity index (χ2n) is 3.79. The van der Waals surface area contributed by atoms with Crippen molar-refractivity contribution in [2.45, 2.75) is 36.0 Å². The van der Waals surface area contributed by atoms with Crippen LogP contribution in [0.15, 0.2) is 0 Å². The number of hydrogen-bond acceptors (Lipinski definition) is 1. The summed E-state index contributed by atoms with van der Waals surface area (Å²) < 4.78 is 154. The number of hydrogen-bond donors (Lipinski definition) is 0. The van der Waals surface area contributed by atoms with E-state index in [-0.39, 0.29) is 7.11 Å². The quantitative estimate of drug-likeness (QED) is 0.659. The van der Waals surface area contributed by atoms with Crippen molar-refractivity contribution in [3.05, 3.63) is 0 Å². The first-order valence-electron chi connectivity index (χ1n) is 4.67. The molecule has 0 aliphatic rings. The molecule has 0 saturated heterocycles. The van der Waals surface area contributed by atoms with Gasteiger partial charge in [0.1, 0.15) is 6.61 Å². The minimum atomic E-state index is -7.46. The highest BCUT2D eigenvalue weighted by molar-refractivity contribution is 5.14. The summed E-state index contributed by atoms with van der Waals surface area (Å²) >= 11 is 0. The topological polar surface area (TPSA) is 9.23 Å². The van der Waals surface area contributed by atoms with Crippen LogP contribution in [-0.2, 0) is 4.74 Å². The number of methoxy groups -OCH3 is 1. The molecular formula is C8H6F12O. The molecule has 1 unspecified atom stereocenters. The first kappa shape index (κ1) is 20.1. The average Bonchev–Trinajstić information content (AvgIpc) is 2.25. The highest BCUT2D eigenvalue weighted by Gasteiger charge is 2.90. The van der Waals surface area contributed by atoms with Crippen LogP contribution in [0.4, 0.5) is 52.7 Å².